The summed E-state index contributed by atoms with van der Waals surface area (Å²) >= 11 is 1.30. The normalized spacial score (nSPS) is 10.9. The third kappa shape index (κ3) is 7.04. The third-order valence-corrected chi connectivity index (χ3v) is 5.83. The number of hydrogen-bond donors (Lipinski definition) is 1. The lowest BCUT2D eigenvalue weighted by Gasteiger charge is -2.12. The molecule has 0 aliphatic carbocycles. The molecule has 0 unspecified atom stereocenters. The van der Waals surface area contributed by atoms with Crippen LogP contribution < -0.4 is 10.1 Å². The molecule has 1 heterocycles. The van der Waals surface area contributed by atoms with Crippen molar-refractivity contribution in [1.29, 1.82) is 0 Å². The van der Waals surface area contributed by atoms with Gasteiger partial charge in [-0.05, 0) is 43.0 Å². The molecule has 0 aliphatic heterocycles. The zero-order valence-corrected chi connectivity index (χ0v) is 19.7. The lowest BCUT2D eigenvalue weighted by molar-refractivity contribution is -0.384. The lowest BCUT2D eigenvalue weighted by Crippen LogP contribution is -2.16. The first-order chi connectivity index (χ1) is 15.8. The van der Waals surface area contributed by atoms with E-state index >= 15 is 0 Å². The highest BCUT2D eigenvalue weighted by Gasteiger charge is 2.16. The van der Waals surface area contributed by atoms with Crippen LogP contribution in [-0.2, 0) is 17.9 Å². The van der Waals surface area contributed by atoms with E-state index < -0.39 is 4.92 Å². The van der Waals surface area contributed by atoms with E-state index in [9.17, 15) is 14.9 Å². The summed E-state index contributed by atoms with van der Waals surface area (Å²) in [6, 6.07) is 13.9. The summed E-state index contributed by atoms with van der Waals surface area (Å²) in [4.78, 5) is 22.9. The van der Waals surface area contributed by atoms with E-state index in [1.807, 2.05) is 34.9 Å². The number of hydrogen-bond acceptors (Lipinski definition) is 7. The van der Waals surface area contributed by atoms with Crippen molar-refractivity contribution in [2.45, 2.75) is 45.5 Å². The van der Waals surface area contributed by atoms with Crippen LogP contribution >= 0.6 is 11.8 Å². The molecule has 1 amide bonds. The standard InChI is InChI=1S/C23H27N5O4S/c1-16(2)11-12-27-21(14-32-19-7-5-4-6-8-19)25-26-23(27)33-15-22(29)24-20-10-9-18(28(30)31)13-17(20)3/h4-10,13,16H,11-12,14-15H2,1-3H3,(H,24,29). The monoisotopic (exact) mass is 469 g/mol. The van der Waals surface area contributed by atoms with Gasteiger partial charge in [-0.15, -0.1) is 10.2 Å². The number of anilines is 1. The molecule has 0 fully saturated rings. The second-order valence-electron chi connectivity index (χ2n) is 7.93. The Labute approximate surface area is 196 Å². The Morgan fingerprint density at radius 2 is 1.97 bits per heavy atom. The molecule has 0 bridgehead atoms. The maximum atomic E-state index is 12.5. The Morgan fingerprint density at radius 3 is 2.64 bits per heavy atom. The van der Waals surface area contributed by atoms with Crippen LogP contribution in [0.2, 0.25) is 0 Å². The predicted octanol–water partition coefficient (Wildman–Crippen LogP) is 4.85. The van der Waals surface area contributed by atoms with Gasteiger partial charge < -0.3 is 14.6 Å². The largest absolute Gasteiger partial charge is 0.486 e. The predicted molar refractivity (Wildman–Crippen MR) is 127 cm³/mol. The van der Waals surface area contributed by atoms with Gasteiger partial charge in [0.15, 0.2) is 11.0 Å². The van der Waals surface area contributed by atoms with Gasteiger partial charge in [0.1, 0.15) is 12.4 Å². The Morgan fingerprint density at radius 1 is 1.21 bits per heavy atom. The van der Waals surface area contributed by atoms with Gasteiger partial charge in [-0.3, -0.25) is 14.9 Å². The highest BCUT2D eigenvalue weighted by molar-refractivity contribution is 7.99. The number of aromatic nitrogens is 3. The number of para-hydroxylation sites is 1. The number of nitro groups is 1. The van der Waals surface area contributed by atoms with Crippen molar-refractivity contribution in [1.82, 2.24) is 14.8 Å². The number of amides is 1. The van der Waals surface area contributed by atoms with E-state index in [0.29, 0.717) is 28.1 Å². The maximum Gasteiger partial charge on any atom is 0.269 e. The van der Waals surface area contributed by atoms with Gasteiger partial charge in [-0.25, -0.2) is 0 Å². The number of carbonyl (C=O) groups excluding carboxylic acids is 1. The topological polar surface area (TPSA) is 112 Å². The SMILES string of the molecule is Cc1cc([N+](=O)[O-])ccc1NC(=O)CSc1nnc(COc2ccccc2)n1CCC(C)C. The van der Waals surface area contributed by atoms with E-state index in [2.05, 4.69) is 29.4 Å². The fraction of sp³-hybridized carbons (Fsp3) is 0.348. The van der Waals surface area contributed by atoms with Crippen molar-refractivity contribution in [2.75, 3.05) is 11.1 Å². The summed E-state index contributed by atoms with van der Waals surface area (Å²) < 4.78 is 7.84. The summed E-state index contributed by atoms with van der Waals surface area (Å²) in [5.41, 5.74) is 1.16. The van der Waals surface area contributed by atoms with Crippen molar-refractivity contribution < 1.29 is 14.5 Å². The van der Waals surface area contributed by atoms with Gasteiger partial charge in [-0.1, -0.05) is 43.8 Å². The third-order valence-electron chi connectivity index (χ3n) is 4.86. The van der Waals surface area contributed by atoms with Crippen molar-refractivity contribution in [2.24, 2.45) is 5.92 Å². The summed E-state index contributed by atoms with van der Waals surface area (Å²) in [6.07, 6.45) is 0.943. The maximum absolute atomic E-state index is 12.5. The minimum absolute atomic E-state index is 0.0108. The second kappa shape index (κ2) is 11.5. The van der Waals surface area contributed by atoms with Gasteiger partial charge in [-0.2, -0.15) is 0 Å². The molecule has 0 saturated heterocycles. The van der Waals surface area contributed by atoms with E-state index in [1.54, 1.807) is 13.0 Å². The number of aryl methyl sites for hydroxylation is 1. The number of rotatable bonds is 11. The van der Waals surface area contributed by atoms with Crippen LogP contribution in [-0.4, -0.2) is 31.3 Å². The summed E-state index contributed by atoms with van der Waals surface area (Å²) in [7, 11) is 0. The molecule has 174 valence electrons. The number of benzene rings is 2. The molecule has 0 spiro atoms. The number of nitrogens with zero attached hydrogens (tertiary/aromatic N) is 4. The zero-order chi connectivity index (χ0) is 23.8. The molecule has 3 rings (SSSR count). The van der Waals surface area contributed by atoms with Gasteiger partial charge in [0.25, 0.3) is 5.69 Å². The molecule has 1 N–H and O–H groups in total. The molecule has 0 radical (unpaired) electrons. The first-order valence-electron chi connectivity index (χ1n) is 10.6. The van der Waals surface area contributed by atoms with Crippen LogP contribution in [0, 0.1) is 23.0 Å². The average molecular weight is 470 g/mol. The van der Waals surface area contributed by atoms with E-state index in [4.69, 9.17) is 4.74 Å². The first-order valence-corrected chi connectivity index (χ1v) is 11.6. The van der Waals surface area contributed by atoms with Gasteiger partial charge in [0.2, 0.25) is 5.91 Å². The molecule has 2 aromatic carbocycles. The lowest BCUT2D eigenvalue weighted by atomic mass is 10.1. The Kier molecular flexibility index (Phi) is 8.42. The van der Waals surface area contributed by atoms with Gasteiger partial charge in [0, 0.05) is 24.4 Å². The first kappa shape index (κ1) is 24.2. The highest BCUT2D eigenvalue weighted by Crippen LogP contribution is 2.23. The molecular weight excluding hydrogens is 442 g/mol. The summed E-state index contributed by atoms with van der Waals surface area (Å²) in [5, 5.41) is 22.9. The Bertz CT molecular complexity index is 1100. The van der Waals surface area contributed by atoms with E-state index in [1.165, 1.54) is 23.9 Å². The minimum Gasteiger partial charge on any atom is -0.486 e. The van der Waals surface area contributed by atoms with Crippen molar-refractivity contribution in [3.8, 4) is 5.75 Å². The van der Waals surface area contributed by atoms with Gasteiger partial charge >= 0.3 is 0 Å². The van der Waals surface area contributed by atoms with Gasteiger partial charge in [0.05, 0.1) is 10.7 Å². The molecule has 0 aliphatic rings. The highest BCUT2D eigenvalue weighted by atomic mass is 32.2. The summed E-state index contributed by atoms with van der Waals surface area (Å²) in [6.45, 7) is 7.03. The molecule has 10 heteroatoms. The molecule has 1 aromatic heterocycles. The molecule has 0 saturated carbocycles. The molecule has 9 nitrogen and oxygen atoms in total. The molecular formula is C23H27N5O4S. The number of thioether (sulfide) groups is 1. The van der Waals surface area contributed by atoms with Crippen molar-refractivity contribution >= 4 is 29.0 Å². The summed E-state index contributed by atoms with van der Waals surface area (Å²) in [5.74, 6) is 1.87. The Hall–Kier alpha value is -3.40. The van der Waals surface area contributed by atoms with Crippen molar-refractivity contribution in [3.05, 3.63) is 70.0 Å². The van der Waals surface area contributed by atoms with Crippen LogP contribution in [0.1, 0.15) is 31.7 Å². The molecule has 33 heavy (non-hydrogen) atoms. The Balaban J connectivity index is 1.64. The fourth-order valence-corrected chi connectivity index (χ4v) is 3.81. The van der Waals surface area contributed by atoms with E-state index in [0.717, 1.165) is 18.7 Å². The average Bonchev–Trinajstić information content (AvgIpc) is 3.18. The number of non-ortho nitro benzene ring substituents is 1. The number of carbonyl (C=O) groups is 1. The quantitative estimate of drug-likeness (QED) is 0.243. The van der Waals surface area contributed by atoms with Crippen LogP contribution in [0.25, 0.3) is 0 Å². The molecule has 3 aromatic rings. The van der Waals surface area contributed by atoms with Crippen LogP contribution in [0.4, 0.5) is 11.4 Å². The molecule has 0 atom stereocenters. The van der Waals surface area contributed by atoms with Crippen LogP contribution in [0.15, 0.2) is 53.7 Å². The van der Waals surface area contributed by atoms with Crippen LogP contribution in [0.5, 0.6) is 5.75 Å². The zero-order valence-electron chi connectivity index (χ0n) is 18.9. The fourth-order valence-electron chi connectivity index (χ4n) is 3.03. The van der Waals surface area contributed by atoms with E-state index in [-0.39, 0.29) is 24.0 Å². The smallest absolute Gasteiger partial charge is 0.269 e. The number of ether oxygens (including phenoxy) is 1. The minimum atomic E-state index is -0.461. The number of nitro benzene ring substituents is 1. The van der Waals surface area contributed by atoms with Crippen LogP contribution in [0.3, 0.4) is 0 Å². The second-order valence-corrected chi connectivity index (χ2v) is 8.87. The van der Waals surface area contributed by atoms with Crippen molar-refractivity contribution in [3.63, 3.8) is 0 Å². The number of nitrogens with one attached hydrogen (secondary N) is 1.